The van der Waals surface area contributed by atoms with Crippen LogP contribution in [0.25, 0.3) is 80.0 Å². The molecule has 51 heavy (non-hydrogen) atoms. The molecule has 2 heterocycles. The molecule has 0 fully saturated rings. The van der Waals surface area contributed by atoms with E-state index in [2.05, 4.69) is 191 Å². The quantitative estimate of drug-likeness (QED) is 0.170. The van der Waals surface area contributed by atoms with Crippen LogP contribution in [0.2, 0.25) is 0 Å². The molecular weight excluding hydrogens is 637 g/mol. The van der Waals surface area contributed by atoms with Crippen molar-refractivity contribution in [2.24, 2.45) is 0 Å². The smallest absolute Gasteiger partial charge is 0.0542 e. The summed E-state index contributed by atoms with van der Waals surface area (Å²) in [4.78, 5) is 2.44. The van der Waals surface area contributed by atoms with Crippen molar-refractivity contribution in [1.82, 2.24) is 4.57 Å². The summed E-state index contributed by atoms with van der Waals surface area (Å²) in [6, 6.07) is 66.9. The van der Waals surface area contributed by atoms with Crippen LogP contribution in [0.1, 0.15) is 0 Å². The van der Waals surface area contributed by atoms with Gasteiger partial charge in [-0.15, -0.1) is 11.3 Å². The highest BCUT2D eigenvalue weighted by Crippen LogP contribution is 2.44. The maximum atomic E-state index is 2.44. The van der Waals surface area contributed by atoms with Crippen LogP contribution in [-0.4, -0.2) is 4.57 Å². The Kier molecular flexibility index (Phi) is 6.16. The molecule has 0 N–H and O–H groups in total. The largest absolute Gasteiger partial charge is 0.310 e. The minimum Gasteiger partial charge on any atom is -0.310 e. The highest BCUT2D eigenvalue weighted by atomic mass is 32.1. The van der Waals surface area contributed by atoms with E-state index >= 15 is 0 Å². The second-order valence-electron chi connectivity index (χ2n) is 13.4. The molecule has 0 atom stereocenters. The van der Waals surface area contributed by atoms with Gasteiger partial charge in [-0.25, -0.2) is 0 Å². The van der Waals surface area contributed by atoms with Crippen molar-refractivity contribution in [1.29, 1.82) is 0 Å². The lowest BCUT2D eigenvalue weighted by Crippen LogP contribution is -2.10. The lowest BCUT2D eigenvalue weighted by atomic mass is 9.96. The Hall–Kier alpha value is -6.42. The molecule has 0 bridgehead atoms. The number of nitrogens with zero attached hydrogens (tertiary/aromatic N) is 2. The second-order valence-corrected chi connectivity index (χ2v) is 14.4. The summed E-state index contributed by atoms with van der Waals surface area (Å²) in [5, 5.41) is 12.7. The maximum Gasteiger partial charge on any atom is 0.0542 e. The average molecular weight is 667 g/mol. The first kappa shape index (κ1) is 28.4. The predicted octanol–water partition coefficient (Wildman–Crippen LogP) is 14.1. The summed E-state index contributed by atoms with van der Waals surface area (Å²) < 4.78 is 4.99. The van der Waals surface area contributed by atoms with E-state index in [4.69, 9.17) is 0 Å². The molecule has 0 unspecified atom stereocenters. The third-order valence-corrected chi connectivity index (χ3v) is 11.7. The summed E-state index contributed by atoms with van der Waals surface area (Å²) in [5.74, 6) is 0. The molecule has 0 saturated heterocycles. The van der Waals surface area contributed by atoms with Crippen LogP contribution in [0, 0.1) is 0 Å². The predicted molar refractivity (Wildman–Crippen MR) is 221 cm³/mol. The van der Waals surface area contributed by atoms with Gasteiger partial charge in [0.25, 0.3) is 0 Å². The molecule has 0 aliphatic rings. The van der Waals surface area contributed by atoms with Gasteiger partial charge in [0.05, 0.1) is 11.0 Å². The van der Waals surface area contributed by atoms with Gasteiger partial charge >= 0.3 is 0 Å². The molecule has 11 rings (SSSR count). The monoisotopic (exact) mass is 666 g/mol. The minimum atomic E-state index is 1.13. The van der Waals surface area contributed by atoms with Crippen molar-refractivity contribution in [3.63, 3.8) is 0 Å². The molecule has 0 radical (unpaired) electrons. The first-order valence-electron chi connectivity index (χ1n) is 17.4. The molecule has 0 aliphatic carbocycles. The van der Waals surface area contributed by atoms with Gasteiger partial charge in [-0.3, -0.25) is 0 Å². The number of anilines is 3. The Morgan fingerprint density at radius 2 is 0.882 bits per heavy atom. The van der Waals surface area contributed by atoms with Gasteiger partial charge in [0.2, 0.25) is 0 Å². The molecule has 238 valence electrons. The first-order valence-corrected chi connectivity index (χ1v) is 18.2. The summed E-state index contributed by atoms with van der Waals surface area (Å²) >= 11 is 1.86. The third-order valence-electron chi connectivity index (χ3n) is 10.5. The lowest BCUT2D eigenvalue weighted by molar-refractivity contribution is 1.18. The van der Waals surface area contributed by atoms with Crippen LogP contribution in [0.4, 0.5) is 17.1 Å². The van der Waals surface area contributed by atoms with E-state index in [1.165, 1.54) is 74.3 Å². The van der Waals surface area contributed by atoms with Crippen molar-refractivity contribution in [2.75, 3.05) is 4.90 Å². The van der Waals surface area contributed by atoms with Crippen LogP contribution in [-0.2, 0) is 0 Å². The van der Waals surface area contributed by atoms with E-state index in [1.54, 1.807) is 0 Å². The Balaban J connectivity index is 1.18. The Bertz CT molecular complexity index is 3150. The zero-order valence-electron chi connectivity index (χ0n) is 27.6. The topological polar surface area (TPSA) is 8.17 Å². The zero-order chi connectivity index (χ0) is 33.5. The standard InChI is InChI=1S/C48H30N2S/c1-2-11-33(12-3-1)50-45-16-8-6-14-40(45)44-29-35(23-27-46(44)50)49(36-22-26-42-41-15-7-9-17-47(41)51-48(42)30-36)34-21-18-32-20-24-38-37-13-5-4-10-31(37)19-25-39(38)43(32)28-34/h1-30H. The first-order chi connectivity index (χ1) is 25.3. The molecule has 2 nitrogen and oxygen atoms in total. The molecule has 0 saturated carbocycles. The number of benzene rings is 9. The molecule has 3 heteroatoms. The molecule has 0 amide bonds. The van der Waals surface area contributed by atoms with Gasteiger partial charge in [0.1, 0.15) is 0 Å². The second kappa shape index (κ2) is 11.0. The molecule has 9 aromatic carbocycles. The Labute approximate surface area is 298 Å². The molecule has 0 spiro atoms. The van der Waals surface area contributed by atoms with Crippen LogP contribution in [0.5, 0.6) is 0 Å². The van der Waals surface area contributed by atoms with E-state index in [0.29, 0.717) is 0 Å². The van der Waals surface area contributed by atoms with Gasteiger partial charge in [0.15, 0.2) is 0 Å². The van der Waals surface area contributed by atoms with Gasteiger partial charge in [-0.1, -0.05) is 115 Å². The van der Waals surface area contributed by atoms with E-state index in [9.17, 15) is 0 Å². The minimum absolute atomic E-state index is 1.13. The Morgan fingerprint density at radius 3 is 1.75 bits per heavy atom. The molecule has 11 aromatic rings. The average Bonchev–Trinajstić information content (AvgIpc) is 3.73. The molecular formula is C48H30N2S. The van der Waals surface area contributed by atoms with Crippen LogP contribution in [0.15, 0.2) is 182 Å². The summed E-state index contributed by atoms with van der Waals surface area (Å²) in [7, 11) is 0. The number of aromatic nitrogens is 1. The third kappa shape index (κ3) is 4.35. The summed E-state index contributed by atoms with van der Waals surface area (Å²) in [5.41, 5.74) is 6.97. The maximum absolute atomic E-state index is 2.44. The highest BCUT2D eigenvalue weighted by Gasteiger charge is 2.19. The van der Waals surface area contributed by atoms with E-state index in [0.717, 1.165) is 22.7 Å². The van der Waals surface area contributed by atoms with Crippen molar-refractivity contribution in [2.45, 2.75) is 0 Å². The van der Waals surface area contributed by atoms with Crippen LogP contribution in [0.3, 0.4) is 0 Å². The fraction of sp³-hybridized carbons (Fsp3) is 0. The van der Waals surface area contributed by atoms with Crippen molar-refractivity contribution < 1.29 is 0 Å². The van der Waals surface area contributed by atoms with Gasteiger partial charge in [-0.05, 0) is 99.0 Å². The summed E-state index contributed by atoms with van der Waals surface area (Å²) in [6.45, 7) is 0. The number of thiophene rings is 1. The number of hydrogen-bond donors (Lipinski definition) is 0. The van der Waals surface area contributed by atoms with Gasteiger partial charge in [0, 0.05) is 53.7 Å². The van der Waals surface area contributed by atoms with Crippen molar-refractivity contribution >= 4 is 103 Å². The normalized spacial score (nSPS) is 11.9. The van der Waals surface area contributed by atoms with E-state index < -0.39 is 0 Å². The number of para-hydroxylation sites is 2. The zero-order valence-corrected chi connectivity index (χ0v) is 28.4. The number of hydrogen-bond acceptors (Lipinski definition) is 2. The van der Waals surface area contributed by atoms with Gasteiger partial charge < -0.3 is 9.47 Å². The fourth-order valence-corrected chi connectivity index (χ4v) is 9.34. The lowest BCUT2D eigenvalue weighted by Gasteiger charge is -2.26. The number of fused-ring (bicyclic) bond motifs is 11. The van der Waals surface area contributed by atoms with E-state index in [1.807, 2.05) is 11.3 Å². The van der Waals surface area contributed by atoms with Crippen LogP contribution >= 0.6 is 11.3 Å². The highest BCUT2D eigenvalue weighted by molar-refractivity contribution is 7.25. The van der Waals surface area contributed by atoms with Gasteiger partial charge in [-0.2, -0.15) is 0 Å². The Morgan fingerprint density at radius 1 is 0.333 bits per heavy atom. The summed E-state index contributed by atoms with van der Waals surface area (Å²) in [6.07, 6.45) is 0. The molecule has 2 aromatic heterocycles. The van der Waals surface area contributed by atoms with Crippen molar-refractivity contribution in [3.8, 4) is 5.69 Å². The van der Waals surface area contributed by atoms with Crippen LogP contribution < -0.4 is 4.90 Å². The fourth-order valence-electron chi connectivity index (χ4n) is 8.20. The van der Waals surface area contributed by atoms with Crippen molar-refractivity contribution in [3.05, 3.63) is 182 Å². The molecule has 0 aliphatic heterocycles. The number of rotatable bonds is 4. The SMILES string of the molecule is c1ccc(-n2c3ccccc3c3cc(N(c4ccc5c(c4)sc4ccccc45)c4ccc5ccc6c7ccccc7ccc6c5c4)ccc32)cc1. The van der Waals surface area contributed by atoms with E-state index in [-0.39, 0.29) is 0 Å².